The number of nitrogens with one attached hydrogen (secondary N) is 1. The minimum atomic E-state index is -0.283. The number of hydrogen-bond acceptors (Lipinski definition) is 8. The van der Waals surface area contributed by atoms with E-state index in [1.807, 2.05) is 4.57 Å². The Morgan fingerprint density at radius 2 is 2.12 bits per heavy atom. The molecular weight excluding hydrogens is 338 g/mol. The zero-order valence-electron chi connectivity index (χ0n) is 15.1. The molecule has 9 heteroatoms. The fourth-order valence-electron chi connectivity index (χ4n) is 2.98. The van der Waals surface area contributed by atoms with E-state index in [1.165, 1.54) is 19.8 Å². The number of carbonyl (C=O) groups excluding carboxylic acids is 1. The van der Waals surface area contributed by atoms with Crippen molar-refractivity contribution >= 4 is 23.0 Å². The minimum Gasteiger partial charge on any atom is -0.463 e. The van der Waals surface area contributed by atoms with E-state index < -0.39 is 0 Å². The molecule has 0 bridgehead atoms. The highest BCUT2D eigenvalue weighted by Crippen LogP contribution is 2.32. The van der Waals surface area contributed by atoms with Crippen molar-refractivity contribution in [3.05, 3.63) is 12.7 Å². The Kier molecular flexibility index (Phi) is 6.00. The predicted octanol–water partition coefficient (Wildman–Crippen LogP) is 1.50. The molecule has 2 aliphatic rings. The highest BCUT2D eigenvalue weighted by molar-refractivity contribution is 5.82. The largest absolute Gasteiger partial charge is 0.463 e. The second-order valence-electron chi connectivity index (χ2n) is 6.46. The van der Waals surface area contributed by atoms with Crippen LogP contribution in [-0.4, -0.2) is 57.0 Å². The van der Waals surface area contributed by atoms with Gasteiger partial charge in [-0.3, -0.25) is 9.36 Å². The summed E-state index contributed by atoms with van der Waals surface area (Å²) in [6.07, 6.45) is 7.35. The van der Waals surface area contributed by atoms with Gasteiger partial charge in [0.05, 0.1) is 12.4 Å². The standard InChI is InChI=1S/C16H21N5O3.CH4O/c1-10(22)23-7-12-4-5-13(24-12)21-9-20-14-15(17-6-11-2-3-11)18-8-19-16(14)21;1-2/h8-9,11-13H,2-7H2,1H3,(H,17,18,19);2H,1H3/t12-,13+;/m0./s1. The third-order valence-electron chi connectivity index (χ3n) is 4.48. The molecule has 0 radical (unpaired) electrons. The van der Waals surface area contributed by atoms with Gasteiger partial charge in [-0.2, -0.15) is 0 Å². The Balaban J connectivity index is 0.000000948. The van der Waals surface area contributed by atoms with E-state index in [0.29, 0.717) is 6.61 Å². The van der Waals surface area contributed by atoms with Gasteiger partial charge in [0.25, 0.3) is 0 Å². The SMILES string of the molecule is CC(=O)OC[C@@H]1CC[C@H](n2cnc3c(NCC4CC4)ncnc32)O1.CO. The lowest BCUT2D eigenvalue weighted by atomic mass is 10.2. The van der Waals surface area contributed by atoms with E-state index in [0.717, 1.165) is 49.4 Å². The summed E-state index contributed by atoms with van der Waals surface area (Å²) in [6.45, 7) is 2.63. The van der Waals surface area contributed by atoms with Gasteiger partial charge in [-0.05, 0) is 31.6 Å². The predicted molar refractivity (Wildman–Crippen MR) is 94.5 cm³/mol. The van der Waals surface area contributed by atoms with Crippen molar-refractivity contribution in [1.82, 2.24) is 19.5 Å². The number of aromatic nitrogens is 4. The Labute approximate surface area is 151 Å². The van der Waals surface area contributed by atoms with Crippen LogP contribution in [0.15, 0.2) is 12.7 Å². The van der Waals surface area contributed by atoms with Crippen molar-refractivity contribution in [2.45, 2.75) is 44.9 Å². The molecule has 2 N–H and O–H groups in total. The van der Waals surface area contributed by atoms with Crippen LogP contribution in [0.5, 0.6) is 0 Å². The van der Waals surface area contributed by atoms with E-state index in [9.17, 15) is 4.79 Å². The molecule has 0 unspecified atom stereocenters. The molecule has 2 aromatic heterocycles. The number of aliphatic hydroxyl groups excluding tert-OH is 1. The summed E-state index contributed by atoms with van der Waals surface area (Å²) in [6, 6.07) is 0. The zero-order chi connectivity index (χ0) is 18.5. The van der Waals surface area contributed by atoms with Gasteiger partial charge in [-0.15, -0.1) is 0 Å². The van der Waals surface area contributed by atoms with E-state index in [1.54, 1.807) is 12.7 Å². The number of hydrogen-bond donors (Lipinski definition) is 2. The summed E-state index contributed by atoms with van der Waals surface area (Å²) < 4.78 is 12.9. The van der Waals surface area contributed by atoms with E-state index in [2.05, 4.69) is 20.3 Å². The molecule has 1 saturated heterocycles. The summed E-state index contributed by atoms with van der Waals surface area (Å²) in [7, 11) is 1.00. The molecule has 2 atom stereocenters. The molecular formula is C17H25N5O4. The summed E-state index contributed by atoms with van der Waals surface area (Å²) in [5.41, 5.74) is 1.53. The summed E-state index contributed by atoms with van der Waals surface area (Å²) in [5.74, 6) is 1.26. The van der Waals surface area contributed by atoms with E-state index in [4.69, 9.17) is 14.6 Å². The summed E-state index contributed by atoms with van der Waals surface area (Å²) in [4.78, 5) is 24.1. The lowest BCUT2D eigenvalue weighted by Crippen LogP contribution is -2.18. The van der Waals surface area contributed by atoms with Gasteiger partial charge in [0.15, 0.2) is 17.0 Å². The van der Waals surface area contributed by atoms with Gasteiger partial charge in [0.1, 0.15) is 19.2 Å². The van der Waals surface area contributed by atoms with Crippen LogP contribution in [0.3, 0.4) is 0 Å². The average molecular weight is 363 g/mol. The van der Waals surface area contributed by atoms with Crippen molar-refractivity contribution < 1.29 is 19.4 Å². The third kappa shape index (κ3) is 4.28. The van der Waals surface area contributed by atoms with Gasteiger partial charge < -0.3 is 19.9 Å². The molecule has 142 valence electrons. The highest BCUT2D eigenvalue weighted by Gasteiger charge is 2.29. The fraction of sp³-hybridized carbons (Fsp3) is 0.647. The third-order valence-corrected chi connectivity index (χ3v) is 4.48. The molecule has 0 aromatic carbocycles. The molecule has 4 rings (SSSR count). The number of fused-ring (bicyclic) bond motifs is 1. The quantitative estimate of drug-likeness (QED) is 0.743. The number of carbonyl (C=O) groups is 1. The number of anilines is 1. The number of imidazole rings is 1. The van der Waals surface area contributed by atoms with E-state index in [-0.39, 0.29) is 18.3 Å². The monoisotopic (exact) mass is 363 g/mol. The van der Waals surface area contributed by atoms with Crippen molar-refractivity contribution in [3.8, 4) is 0 Å². The first-order valence-electron chi connectivity index (χ1n) is 8.85. The Morgan fingerprint density at radius 3 is 2.85 bits per heavy atom. The first-order chi connectivity index (χ1) is 12.7. The van der Waals surface area contributed by atoms with Crippen molar-refractivity contribution in [2.24, 2.45) is 5.92 Å². The molecule has 2 aromatic rings. The Bertz CT molecular complexity index is 746. The zero-order valence-corrected chi connectivity index (χ0v) is 15.1. The molecule has 3 heterocycles. The number of rotatable bonds is 6. The van der Waals surface area contributed by atoms with Crippen LogP contribution in [0.25, 0.3) is 11.2 Å². The maximum atomic E-state index is 10.9. The smallest absolute Gasteiger partial charge is 0.302 e. The molecule has 0 amide bonds. The normalized spacial score (nSPS) is 22.0. The van der Waals surface area contributed by atoms with Gasteiger partial charge in [-0.1, -0.05) is 0 Å². The molecule has 0 spiro atoms. The second-order valence-corrected chi connectivity index (χ2v) is 6.46. The van der Waals surface area contributed by atoms with Crippen LogP contribution >= 0.6 is 0 Å². The Hall–Kier alpha value is -2.26. The summed E-state index contributed by atoms with van der Waals surface area (Å²) in [5, 5.41) is 10.4. The molecule has 1 saturated carbocycles. The molecule has 2 fully saturated rings. The van der Waals surface area contributed by atoms with Gasteiger partial charge in [0, 0.05) is 20.6 Å². The molecule has 1 aliphatic heterocycles. The fourth-order valence-corrected chi connectivity index (χ4v) is 2.98. The van der Waals surface area contributed by atoms with E-state index >= 15 is 0 Å². The maximum absolute atomic E-state index is 10.9. The molecule has 1 aliphatic carbocycles. The minimum absolute atomic E-state index is 0.0781. The topological polar surface area (TPSA) is 111 Å². The lowest BCUT2D eigenvalue weighted by Gasteiger charge is -2.15. The van der Waals surface area contributed by atoms with Crippen molar-refractivity contribution in [1.29, 1.82) is 0 Å². The summed E-state index contributed by atoms with van der Waals surface area (Å²) >= 11 is 0. The first kappa shape index (κ1) is 18.5. The van der Waals surface area contributed by atoms with Crippen LogP contribution in [-0.2, 0) is 14.3 Å². The number of ether oxygens (including phenoxy) is 2. The average Bonchev–Trinajstić information content (AvgIpc) is 3.19. The number of nitrogens with zero attached hydrogens (tertiary/aromatic N) is 4. The maximum Gasteiger partial charge on any atom is 0.302 e. The molecule has 26 heavy (non-hydrogen) atoms. The Morgan fingerprint density at radius 1 is 1.31 bits per heavy atom. The van der Waals surface area contributed by atoms with Crippen molar-refractivity contribution in [2.75, 3.05) is 25.6 Å². The van der Waals surface area contributed by atoms with Gasteiger partial charge in [0.2, 0.25) is 0 Å². The van der Waals surface area contributed by atoms with Gasteiger partial charge >= 0.3 is 5.97 Å². The van der Waals surface area contributed by atoms with Crippen LogP contribution in [0.2, 0.25) is 0 Å². The number of esters is 1. The van der Waals surface area contributed by atoms with Crippen LogP contribution in [0, 0.1) is 5.92 Å². The first-order valence-corrected chi connectivity index (χ1v) is 8.85. The second kappa shape index (κ2) is 8.41. The van der Waals surface area contributed by atoms with Crippen LogP contribution in [0.1, 0.15) is 38.8 Å². The lowest BCUT2D eigenvalue weighted by molar-refractivity contribution is -0.145. The van der Waals surface area contributed by atoms with Crippen LogP contribution < -0.4 is 5.32 Å². The number of aliphatic hydroxyl groups is 1. The van der Waals surface area contributed by atoms with Crippen molar-refractivity contribution in [3.63, 3.8) is 0 Å². The van der Waals surface area contributed by atoms with Gasteiger partial charge in [-0.25, -0.2) is 15.0 Å². The highest BCUT2D eigenvalue weighted by atomic mass is 16.6. The van der Waals surface area contributed by atoms with Crippen LogP contribution in [0.4, 0.5) is 5.82 Å². The molecule has 9 nitrogen and oxygen atoms in total.